The lowest BCUT2D eigenvalue weighted by Crippen LogP contribution is -2.53. The van der Waals surface area contributed by atoms with Gasteiger partial charge in [-0.2, -0.15) is 0 Å². The first kappa shape index (κ1) is 17.6. The van der Waals surface area contributed by atoms with E-state index in [1.807, 2.05) is 20.8 Å². The Bertz CT molecular complexity index is 582. The van der Waals surface area contributed by atoms with Gasteiger partial charge in [0.05, 0.1) is 18.2 Å². The van der Waals surface area contributed by atoms with Crippen LogP contribution in [0, 0.1) is 5.92 Å². The highest BCUT2D eigenvalue weighted by Crippen LogP contribution is 2.47. The molecule has 7 heteroatoms. The molecule has 1 aliphatic carbocycles. The fourth-order valence-corrected chi connectivity index (χ4v) is 3.71. The Labute approximate surface area is 151 Å². The van der Waals surface area contributed by atoms with Crippen molar-refractivity contribution in [1.82, 2.24) is 0 Å². The number of hydrogen-bond acceptors (Lipinski definition) is 4. The number of alkyl halides is 3. The van der Waals surface area contributed by atoms with Crippen molar-refractivity contribution in [3.05, 3.63) is 24.3 Å². The van der Waals surface area contributed by atoms with E-state index in [-0.39, 0.29) is 24.0 Å². The van der Waals surface area contributed by atoms with Crippen LogP contribution >= 0.6 is 34.8 Å². The molecule has 23 heavy (non-hydrogen) atoms. The van der Waals surface area contributed by atoms with Crippen molar-refractivity contribution in [1.29, 1.82) is 0 Å². The fourth-order valence-electron chi connectivity index (χ4n) is 3.45. The Morgan fingerprint density at radius 3 is 2.61 bits per heavy atom. The monoisotopic (exact) mass is 379 g/mol. The second-order valence-electron chi connectivity index (χ2n) is 6.72. The van der Waals surface area contributed by atoms with Gasteiger partial charge in [-0.3, -0.25) is 0 Å². The SMILES string of the molecule is C=C[C@@]12CC(OC(C(Cl)(Cl)Cl)=N1)C(C)=C[C@@H]2[C@H]1COC(C)(C)O1. The summed E-state index contributed by atoms with van der Waals surface area (Å²) in [5.74, 6) is -0.558. The highest BCUT2D eigenvalue weighted by Gasteiger charge is 2.53. The lowest BCUT2D eigenvalue weighted by molar-refractivity contribution is -0.145. The number of hydrogen-bond donors (Lipinski definition) is 0. The molecule has 2 bridgehead atoms. The van der Waals surface area contributed by atoms with Crippen LogP contribution in [0.4, 0.5) is 0 Å². The summed E-state index contributed by atoms with van der Waals surface area (Å²) in [5, 5.41) is 0. The van der Waals surface area contributed by atoms with E-state index in [0.717, 1.165) is 5.57 Å². The molecule has 1 unspecified atom stereocenters. The molecule has 128 valence electrons. The van der Waals surface area contributed by atoms with Crippen LogP contribution in [0.1, 0.15) is 27.2 Å². The minimum Gasteiger partial charge on any atom is -0.470 e. The number of fused-ring (bicyclic) bond motifs is 2. The number of halogens is 3. The molecule has 1 fully saturated rings. The highest BCUT2D eigenvalue weighted by molar-refractivity contribution is 6.76. The molecule has 0 spiro atoms. The quantitative estimate of drug-likeness (QED) is 0.532. The number of aliphatic imine (C=N–C) groups is 1. The van der Waals surface area contributed by atoms with Crippen LogP contribution in [-0.4, -0.2) is 39.8 Å². The van der Waals surface area contributed by atoms with Gasteiger partial charge in [-0.25, -0.2) is 4.99 Å². The summed E-state index contributed by atoms with van der Waals surface area (Å²) in [6.07, 6.45) is 4.26. The smallest absolute Gasteiger partial charge is 0.266 e. The van der Waals surface area contributed by atoms with Gasteiger partial charge >= 0.3 is 0 Å². The zero-order valence-electron chi connectivity index (χ0n) is 13.3. The molecule has 4 nitrogen and oxygen atoms in total. The third kappa shape index (κ3) is 3.16. The van der Waals surface area contributed by atoms with Crippen LogP contribution in [0.3, 0.4) is 0 Å². The Hall–Kier alpha value is -0.260. The topological polar surface area (TPSA) is 40.0 Å². The summed E-state index contributed by atoms with van der Waals surface area (Å²) < 4.78 is 15.8. The predicted octanol–water partition coefficient (Wildman–Crippen LogP) is 4.20. The van der Waals surface area contributed by atoms with Crippen molar-refractivity contribution < 1.29 is 14.2 Å². The minimum absolute atomic E-state index is 0.0516. The Morgan fingerprint density at radius 2 is 2.09 bits per heavy atom. The van der Waals surface area contributed by atoms with Crippen LogP contribution in [0.25, 0.3) is 0 Å². The molecule has 0 radical (unpaired) electrons. The zero-order valence-corrected chi connectivity index (χ0v) is 15.6. The van der Waals surface area contributed by atoms with Gasteiger partial charge in [-0.15, -0.1) is 6.58 Å². The van der Waals surface area contributed by atoms with E-state index in [0.29, 0.717) is 13.0 Å². The van der Waals surface area contributed by atoms with Gasteiger partial charge in [0.2, 0.25) is 5.90 Å². The summed E-state index contributed by atoms with van der Waals surface area (Å²) in [6, 6.07) is 0. The summed E-state index contributed by atoms with van der Waals surface area (Å²) in [6.45, 7) is 10.3. The molecule has 2 heterocycles. The first-order chi connectivity index (χ1) is 10.6. The first-order valence-corrected chi connectivity index (χ1v) is 8.67. The summed E-state index contributed by atoms with van der Waals surface area (Å²) in [4.78, 5) is 4.63. The normalized spacial score (nSPS) is 39.3. The lowest BCUT2D eigenvalue weighted by Gasteiger charge is -2.46. The van der Waals surface area contributed by atoms with Crippen molar-refractivity contribution in [2.75, 3.05) is 6.61 Å². The molecule has 0 N–H and O–H groups in total. The Morgan fingerprint density at radius 1 is 1.39 bits per heavy atom. The van der Waals surface area contributed by atoms with E-state index in [1.165, 1.54) is 0 Å². The second-order valence-corrected chi connectivity index (χ2v) is 9.01. The van der Waals surface area contributed by atoms with Crippen molar-refractivity contribution >= 4 is 40.7 Å². The van der Waals surface area contributed by atoms with Gasteiger partial charge in [0, 0.05) is 12.3 Å². The van der Waals surface area contributed by atoms with Crippen molar-refractivity contribution in [3.63, 3.8) is 0 Å². The van der Waals surface area contributed by atoms with Gasteiger partial charge in [0.15, 0.2) is 5.79 Å². The largest absolute Gasteiger partial charge is 0.470 e. The summed E-state index contributed by atoms with van der Waals surface area (Å²) in [7, 11) is 0. The van der Waals surface area contributed by atoms with Crippen molar-refractivity contribution in [2.24, 2.45) is 10.9 Å². The third-order valence-electron chi connectivity index (χ3n) is 4.63. The Kier molecular flexibility index (Phi) is 4.30. The van der Waals surface area contributed by atoms with Crippen LogP contribution < -0.4 is 0 Å². The molecule has 2 aliphatic heterocycles. The molecule has 0 saturated carbocycles. The molecule has 0 aromatic rings. The average Bonchev–Trinajstić information content (AvgIpc) is 2.81. The van der Waals surface area contributed by atoms with Gasteiger partial charge < -0.3 is 14.2 Å². The molecular formula is C16H20Cl3NO3. The second kappa shape index (κ2) is 5.63. The molecule has 0 aromatic heterocycles. The van der Waals surface area contributed by atoms with Gasteiger partial charge in [-0.05, 0) is 26.3 Å². The number of rotatable bonds is 2. The van der Waals surface area contributed by atoms with Gasteiger partial charge in [0.25, 0.3) is 3.79 Å². The lowest BCUT2D eigenvalue weighted by atomic mass is 9.70. The van der Waals surface area contributed by atoms with Crippen LogP contribution in [-0.2, 0) is 14.2 Å². The van der Waals surface area contributed by atoms with Crippen LogP contribution in [0.5, 0.6) is 0 Å². The standard InChI is InChI=1S/C16H20Cl3NO3/c1-5-15-7-11(22-13(20-15)16(17,18)19)9(2)6-10(15)12-8-21-14(3,4)23-12/h5-6,10-12H,1,7-8H2,2-4H3/t10-,11?,12-,15+/m1/s1. The van der Waals surface area contributed by atoms with Crippen molar-refractivity contribution in [2.45, 2.75) is 54.5 Å². The van der Waals surface area contributed by atoms with E-state index in [2.05, 4.69) is 17.6 Å². The van der Waals surface area contributed by atoms with E-state index < -0.39 is 15.1 Å². The minimum atomic E-state index is -1.71. The van der Waals surface area contributed by atoms with E-state index in [4.69, 9.17) is 49.0 Å². The van der Waals surface area contributed by atoms with E-state index in [9.17, 15) is 0 Å². The molecule has 3 rings (SSSR count). The maximum atomic E-state index is 6.05. The van der Waals surface area contributed by atoms with E-state index in [1.54, 1.807) is 6.08 Å². The highest BCUT2D eigenvalue weighted by atomic mass is 35.6. The molecule has 3 aliphatic rings. The third-order valence-corrected chi connectivity index (χ3v) is 5.12. The van der Waals surface area contributed by atoms with Crippen molar-refractivity contribution in [3.8, 4) is 0 Å². The van der Waals surface area contributed by atoms with Gasteiger partial charge in [0.1, 0.15) is 6.10 Å². The van der Waals surface area contributed by atoms with E-state index >= 15 is 0 Å². The molecule has 0 aromatic carbocycles. The molecular weight excluding hydrogens is 361 g/mol. The maximum absolute atomic E-state index is 6.05. The molecule has 4 atom stereocenters. The predicted molar refractivity (Wildman–Crippen MR) is 92.3 cm³/mol. The fraction of sp³-hybridized carbons (Fsp3) is 0.688. The molecule has 1 saturated heterocycles. The average molecular weight is 381 g/mol. The first-order valence-electron chi connectivity index (χ1n) is 7.54. The number of ether oxygens (including phenoxy) is 3. The summed E-state index contributed by atoms with van der Waals surface area (Å²) in [5.41, 5.74) is 0.443. The van der Waals surface area contributed by atoms with Crippen LogP contribution in [0.15, 0.2) is 29.3 Å². The zero-order chi connectivity index (χ0) is 17.0. The van der Waals surface area contributed by atoms with Gasteiger partial charge in [-0.1, -0.05) is 47.0 Å². The number of nitrogens with zero attached hydrogens (tertiary/aromatic N) is 1. The summed E-state index contributed by atoms with van der Waals surface area (Å²) >= 11 is 18.0. The maximum Gasteiger partial charge on any atom is 0.266 e. The molecule has 0 amide bonds. The van der Waals surface area contributed by atoms with Crippen LogP contribution in [0.2, 0.25) is 0 Å². The Balaban J connectivity index is 2.02.